The summed E-state index contributed by atoms with van der Waals surface area (Å²) in [7, 11) is 0. The molecule has 0 saturated carbocycles. The van der Waals surface area contributed by atoms with E-state index >= 15 is 0 Å². The first-order chi connectivity index (χ1) is 14.7. The lowest BCUT2D eigenvalue weighted by Crippen LogP contribution is -2.53. The number of hydrogen-bond donors (Lipinski definition) is 1. The third-order valence-electron chi connectivity index (χ3n) is 6.64. The molecule has 0 unspecified atom stereocenters. The fraction of sp³-hybridized carbons (Fsp3) is 0.696. The molecule has 0 spiro atoms. The van der Waals surface area contributed by atoms with Crippen LogP contribution in [0.4, 0.5) is 13.2 Å². The highest BCUT2D eigenvalue weighted by Gasteiger charge is 2.48. The zero-order valence-electron chi connectivity index (χ0n) is 19.3. The van der Waals surface area contributed by atoms with E-state index in [2.05, 4.69) is 9.97 Å². The molecule has 6 nitrogen and oxygen atoms in total. The Bertz CT molecular complexity index is 941. The second-order valence-electron chi connectivity index (χ2n) is 10.3. The maximum absolute atomic E-state index is 12.7. The predicted molar refractivity (Wildman–Crippen MR) is 114 cm³/mol. The molecule has 2 aromatic heterocycles. The molecular formula is C23H32F3N3O3. The Kier molecular flexibility index (Phi) is 6.62. The molecule has 1 aliphatic rings. The van der Waals surface area contributed by atoms with Gasteiger partial charge in [-0.15, -0.1) is 0 Å². The molecule has 3 rings (SSSR count). The molecule has 1 N–H and O–H groups in total. The zero-order valence-corrected chi connectivity index (χ0v) is 19.3. The first kappa shape index (κ1) is 24.5. The van der Waals surface area contributed by atoms with E-state index in [1.807, 2.05) is 45.6 Å². The predicted octanol–water partition coefficient (Wildman–Crippen LogP) is 5.51. The lowest BCUT2D eigenvalue weighted by atomic mass is 9.65. The average Bonchev–Trinajstić information content (AvgIpc) is 3.00. The number of furan rings is 1. The molecule has 178 valence electrons. The lowest BCUT2D eigenvalue weighted by Gasteiger charge is -2.48. The zero-order chi connectivity index (χ0) is 23.9. The lowest BCUT2D eigenvalue weighted by molar-refractivity contribution is -0.160. The van der Waals surface area contributed by atoms with Crippen molar-refractivity contribution in [2.24, 2.45) is 16.7 Å². The van der Waals surface area contributed by atoms with Crippen LogP contribution in [0.5, 0.6) is 0 Å². The van der Waals surface area contributed by atoms with Gasteiger partial charge in [-0.2, -0.15) is 13.2 Å². The molecule has 1 aliphatic heterocycles. The molecular weight excluding hydrogens is 423 g/mol. The second kappa shape index (κ2) is 8.65. The van der Waals surface area contributed by atoms with Crippen molar-refractivity contribution in [3.05, 3.63) is 23.2 Å². The number of halogens is 3. The Morgan fingerprint density at radius 2 is 1.91 bits per heavy atom. The second-order valence-corrected chi connectivity index (χ2v) is 10.3. The van der Waals surface area contributed by atoms with Crippen molar-refractivity contribution in [1.29, 1.82) is 0 Å². The Morgan fingerprint density at radius 3 is 2.50 bits per heavy atom. The molecule has 9 heteroatoms. The summed E-state index contributed by atoms with van der Waals surface area (Å²) in [5.74, 6) is -0.393. The number of carbonyl (C=O) groups is 1. The average molecular weight is 456 g/mol. The number of alkyl halides is 3. The number of carboxylic acid groups (broad SMARTS) is 1. The SMILES string of the molecule is Cc1nc2cc(CN3C[C@H](C(C)(C)C)C[C@@](CCCC(F)(F)F)(C(=O)O)C3)oc2nc1C. The summed E-state index contributed by atoms with van der Waals surface area (Å²) in [6.07, 6.45) is -5.10. The van der Waals surface area contributed by atoms with E-state index in [1.54, 1.807) is 0 Å². The van der Waals surface area contributed by atoms with Crippen LogP contribution in [0.15, 0.2) is 10.5 Å². The molecule has 0 radical (unpaired) electrons. The largest absolute Gasteiger partial charge is 0.481 e. The Hall–Kier alpha value is -2.16. The molecule has 1 saturated heterocycles. The van der Waals surface area contributed by atoms with Crippen LogP contribution in [0.3, 0.4) is 0 Å². The minimum Gasteiger partial charge on any atom is -0.481 e. The molecule has 32 heavy (non-hydrogen) atoms. The Balaban J connectivity index is 1.86. The van der Waals surface area contributed by atoms with Gasteiger partial charge in [0.15, 0.2) is 0 Å². The van der Waals surface area contributed by atoms with Gasteiger partial charge in [0, 0.05) is 25.6 Å². The van der Waals surface area contributed by atoms with E-state index in [0.29, 0.717) is 36.5 Å². The number of aryl methyl sites for hydroxylation is 2. The van der Waals surface area contributed by atoms with Gasteiger partial charge in [0.2, 0.25) is 5.71 Å². The van der Waals surface area contributed by atoms with Crippen LogP contribution in [0.2, 0.25) is 0 Å². The Morgan fingerprint density at radius 1 is 1.25 bits per heavy atom. The first-order valence-corrected chi connectivity index (χ1v) is 10.9. The van der Waals surface area contributed by atoms with Gasteiger partial charge in [0.05, 0.1) is 23.3 Å². The van der Waals surface area contributed by atoms with Gasteiger partial charge in [0.25, 0.3) is 0 Å². The van der Waals surface area contributed by atoms with Gasteiger partial charge in [-0.05, 0) is 44.4 Å². The molecule has 1 fully saturated rings. The van der Waals surface area contributed by atoms with Crippen LogP contribution < -0.4 is 0 Å². The van der Waals surface area contributed by atoms with Gasteiger partial charge < -0.3 is 9.52 Å². The smallest absolute Gasteiger partial charge is 0.389 e. The van der Waals surface area contributed by atoms with Crippen molar-refractivity contribution < 1.29 is 27.5 Å². The molecule has 0 bridgehead atoms. The summed E-state index contributed by atoms with van der Waals surface area (Å²) in [6.45, 7) is 11.0. The molecule has 2 atom stereocenters. The van der Waals surface area contributed by atoms with Crippen LogP contribution in [-0.4, -0.2) is 45.2 Å². The number of hydrogen-bond acceptors (Lipinski definition) is 5. The van der Waals surface area contributed by atoms with Gasteiger partial charge in [-0.3, -0.25) is 9.69 Å². The number of aliphatic carboxylic acids is 1. The monoisotopic (exact) mass is 455 g/mol. The normalized spacial score (nSPS) is 23.1. The van der Waals surface area contributed by atoms with E-state index in [4.69, 9.17) is 4.42 Å². The van der Waals surface area contributed by atoms with Crippen LogP contribution in [0.25, 0.3) is 11.2 Å². The highest BCUT2D eigenvalue weighted by atomic mass is 19.4. The number of fused-ring (bicyclic) bond motifs is 1. The third-order valence-corrected chi connectivity index (χ3v) is 6.64. The van der Waals surface area contributed by atoms with Crippen molar-refractivity contribution in [2.45, 2.75) is 73.0 Å². The molecule has 3 heterocycles. The fourth-order valence-electron chi connectivity index (χ4n) is 4.55. The topological polar surface area (TPSA) is 79.5 Å². The minimum absolute atomic E-state index is 0.00739. The van der Waals surface area contributed by atoms with E-state index < -0.39 is 24.0 Å². The van der Waals surface area contributed by atoms with Crippen molar-refractivity contribution in [3.63, 3.8) is 0 Å². The summed E-state index contributed by atoms with van der Waals surface area (Å²) in [5.41, 5.74) is 1.25. The maximum atomic E-state index is 12.7. The van der Waals surface area contributed by atoms with Crippen molar-refractivity contribution in [1.82, 2.24) is 14.9 Å². The number of rotatable bonds is 6. The molecule has 0 amide bonds. The highest BCUT2D eigenvalue weighted by Crippen LogP contribution is 2.45. The van der Waals surface area contributed by atoms with Gasteiger partial charge in [0.1, 0.15) is 11.3 Å². The van der Waals surface area contributed by atoms with Gasteiger partial charge in [-0.25, -0.2) is 9.97 Å². The van der Waals surface area contributed by atoms with Crippen molar-refractivity contribution in [3.8, 4) is 0 Å². The van der Waals surface area contributed by atoms with Crippen LogP contribution >= 0.6 is 0 Å². The quantitative estimate of drug-likeness (QED) is 0.619. The van der Waals surface area contributed by atoms with E-state index in [0.717, 1.165) is 11.4 Å². The van der Waals surface area contributed by atoms with E-state index in [1.165, 1.54) is 0 Å². The van der Waals surface area contributed by atoms with E-state index in [-0.39, 0.29) is 30.7 Å². The van der Waals surface area contributed by atoms with E-state index in [9.17, 15) is 23.1 Å². The summed E-state index contributed by atoms with van der Waals surface area (Å²) < 4.78 is 44.1. The Labute approximate surface area is 186 Å². The fourth-order valence-corrected chi connectivity index (χ4v) is 4.55. The first-order valence-electron chi connectivity index (χ1n) is 10.9. The molecule has 0 aliphatic carbocycles. The van der Waals surface area contributed by atoms with Crippen LogP contribution in [0.1, 0.15) is 63.6 Å². The molecule has 0 aromatic carbocycles. The number of carboxylic acids is 1. The van der Waals surface area contributed by atoms with Crippen LogP contribution in [0, 0.1) is 30.6 Å². The number of likely N-dealkylation sites (tertiary alicyclic amines) is 1. The highest BCUT2D eigenvalue weighted by molar-refractivity contribution is 5.75. The van der Waals surface area contributed by atoms with Gasteiger partial charge >= 0.3 is 12.1 Å². The number of nitrogens with zero attached hydrogens (tertiary/aromatic N) is 3. The summed E-state index contributed by atoms with van der Waals surface area (Å²) in [4.78, 5) is 23.3. The summed E-state index contributed by atoms with van der Waals surface area (Å²) in [5, 5.41) is 10.1. The number of piperidine rings is 1. The summed E-state index contributed by atoms with van der Waals surface area (Å²) in [6, 6.07) is 1.81. The maximum Gasteiger partial charge on any atom is 0.389 e. The third kappa shape index (κ3) is 5.60. The van der Waals surface area contributed by atoms with Crippen LogP contribution in [-0.2, 0) is 11.3 Å². The minimum atomic E-state index is -4.29. The standard InChI is InChI=1S/C23H32F3N3O3/c1-14-15(2)28-19-18(27-14)9-17(32-19)12-29-11-16(21(3,4)5)10-22(13-29,20(30)31)7-6-8-23(24,25)26/h9,16H,6-8,10-13H2,1-5H3,(H,30,31)/t16-,22-/m1/s1. The van der Waals surface area contributed by atoms with Gasteiger partial charge in [-0.1, -0.05) is 20.8 Å². The van der Waals surface area contributed by atoms with Crippen molar-refractivity contribution >= 4 is 17.2 Å². The molecule has 2 aromatic rings. The summed E-state index contributed by atoms with van der Waals surface area (Å²) >= 11 is 0. The number of aromatic nitrogens is 2. The van der Waals surface area contributed by atoms with Crippen molar-refractivity contribution in [2.75, 3.05) is 13.1 Å².